The maximum atomic E-state index is 11.5. The molecule has 1 unspecified atom stereocenters. The highest BCUT2D eigenvalue weighted by Gasteiger charge is 2.28. The summed E-state index contributed by atoms with van der Waals surface area (Å²) in [5.41, 5.74) is -0.701. The van der Waals surface area contributed by atoms with E-state index in [2.05, 4.69) is 15.4 Å². The normalized spacial score (nSPS) is 19.8. The Hall–Kier alpha value is -1.14. The Morgan fingerprint density at radius 1 is 1.25 bits per heavy atom. The van der Waals surface area contributed by atoms with E-state index in [-0.39, 0.29) is 12.5 Å². The molecule has 0 bridgehead atoms. The quantitative estimate of drug-likeness (QED) is 0.484. The van der Waals surface area contributed by atoms with Gasteiger partial charge in [-0.1, -0.05) is 25.7 Å². The lowest BCUT2D eigenvalue weighted by atomic mass is 9.94. The highest BCUT2D eigenvalue weighted by atomic mass is 16.5. The third-order valence-electron chi connectivity index (χ3n) is 3.70. The smallest absolute Gasteiger partial charge is 0.329 e. The predicted octanol–water partition coefficient (Wildman–Crippen LogP) is 0.339. The summed E-state index contributed by atoms with van der Waals surface area (Å²) in [6, 6.07) is -0.716. The zero-order chi connectivity index (χ0) is 15.0. The molecular formula is C14H26N2O4. The molecule has 0 aromatic rings. The van der Waals surface area contributed by atoms with Crippen LogP contribution in [0.15, 0.2) is 0 Å². The minimum Gasteiger partial charge on any atom is -0.467 e. The van der Waals surface area contributed by atoms with Gasteiger partial charge in [-0.3, -0.25) is 4.79 Å². The number of ether oxygens (including phenoxy) is 1. The number of carbonyl (C=O) groups is 2. The minimum atomic E-state index is -0.716. The predicted molar refractivity (Wildman–Crippen MR) is 75.1 cm³/mol. The van der Waals surface area contributed by atoms with Crippen molar-refractivity contribution in [2.75, 3.05) is 20.2 Å². The van der Waals surface area contributed by atoms with Gasteiger partial charge in [0.15, 0.2) is 0 Å². The lowest BCUT2D eigenvalue weighted by molar-refractivity contribution is -0.144. The summed E-state index contributed by atoms with van der Waals surface area (Å²) in [5, 5.41) is 16.1. The van der Waals surface area contributed by atoms with Gasteiger partial charge in [0.1, 0.15) is 6.04 Å². The van der Waals surface area contributed by atoms with E-state index < -0.39 is 17.6 Å². The number of esters is 1. The van der Waals surface area contributed by atoms with Crippen LogP contribution in [0.3, 0.4) is 0 Å². The molecule has 6 heteroatoms. The number of carbonyl (C=O) groups excluding carboxylic acids is 2. The second kappa shape index (κ2) is 8.21. The summed E-state index contributed by atoms with van der Waals surface area (Å²) in [5.74, 6) is -0.768. The van der Waals surface area contributed by atoms with Gasteiger partial charge in [-0.2, -0.15) is 0 Å². The summed E-state index contributed by atoms with van der Waals surface area (Å²) in [4.78, 5) is 22.6. The van der Waals surface area contributed by atoms with Crippen LogP contribution >= 0.6 is 0 Å². The molecule has 0 aromatic heterocycles. The summed E-state index contributed by atoms with van der Waals surface area (Å²) in [6.45, 7) is 2.05. The number of aliphatic hydroxyl groups is 1. The highest BCUT2D eigenvalue weighted by molar-refractivity contribution is 5.83. The molecule has 1 saturated carbocycles. The third-order valence-corrected chi connectivity index (χ3v) is 3.70. The summed E-state index contributed by atoms with van der Waals surface area (Å²) in [6.07, 6.45) is 5.96. The average molecular weight is 286 g/mol. The standard InChI is InChI=1S/C14H26N2O4/c1-11(17)16-12(13(18)20-2)9-15-10-14(19)7-5-3-4-6-8-14/h12,15,19H,3-10H2,1-2H3,(H,16,17). The summed E-state index contributed by atoms with van der Waals surface area (Å²) >= 11 is 0. The van der Waals surface area contributed by atoms with Crippen molar-refractivity contribution in [2.24, 2.45) is 0 Å². The van der Waals surface area contributed by atoms with Crippen molar-refractivity contribution >= 4 is 11.9 Å². The zero-order valence-electron chi connectivity index (χ0n) is 12.4. The van der Waals surface area contributed by atoms with Gasteiger partial charge in [-0.25, -0.2) is 4.79 Å². The number of rotatable bonds is 6. The monoisotopic (exact) mass is 286 g/mol. The summed E-state index contributed by atoms with van der Waals surface area (Å²) < 4.78 is 4.64. The van der Waals surface area contributed by atoms with Crippen LogP contribution in [0.2, 0.25) is 0 Å². The van der Waals surface area contributed by atoms with Crippen LogP contribution in [0.1, 0.15) is 45.4 Å². The number of amides is 1. The Morgan fingerprint density at radius 3 is 2.35 bits per heavy atom. The molecular weight excluding hydrogens is 260 g/mol. The molecule has 3 N–H and O–H groups in total. The van der Waals surface area contributed by atoms with Crippen LogP contribution in [-0.4, -0.2) is 48.8 Å². The molecule has 0 spiro atoms. The van der Waals surface area contributed by atoms with Crippen LogP contribution in [0.25, 0.3) is 0 Å². The van der Waals surface area contributed by atoms with Crippen molar-refractivity contribution in [3.63, 3.8) is 0 Å². The van der Waals surface area contributed by atoms with E-state index in [1.165, 1.54) is 26.9 Å². The molecule has 0 heterocycles. The van der Waals surface area contributed by atoms with E-state index in [0.717, 1.165) is 25.7 Å². The molecule has 1 amide bonds. The molecule has 1 aliphatic rings. The van der Waals surface area contributed by atoms with Crippen LogP contribution in [0.5, 0.6) is 0 Å². The molecule has 0 aliphatic heterocycles. The van der Waals surface area contributed by atoms with E-state index in [1.807, 2.05) is 0 Å². The molecule has 1 atom stereocenters. The number of hydrogen-bond acceptors (Lipinski definition) is 5. The number of methoxy groups -OCH3 is 1. The van der Waals surface area contributed by atoms with Gasteiger partial charge in [0.2, 0.25) is 5.91 Å². The van der Waals surface area contributed by atoms with Gasteiger partial charge in [-0.15, -0.1) is 0 Å². The lowest BCUT2D eigenvalue weighted by Crippen LogP contribution is -2.50. The molecule has 0 saturated heterocycles. The van der Waals surface area contributed by atoms with Gasteiger partial charge in [0.05, 0.1) is 12.7 Å². The molecule has 0 aromatic carbocycles. The Morgan fingerprint density at radius 2 is 1.85 bits per heavy atom. The van der Waals surface area contributed by atoms with E-state index in [0.29, 0.717) is 6.54 Å². The molecule has 116 valence electrons. The van der Waals surface area contributed by atoms with Gasteiger partial charge in [-0.05, 0) is 12.8 Å². The van der Waals surface area contributed by atoms with Gasteiger partial charge in [0.25, 0.3) is 0 Å². The lowest BCUT2D eigenvalue weighted by Gasteiger charge is -2.28. The fraction of sp³-hybridized carbons (Fsp3) is 0.857. The Kier molecular flexibility index (Phi) is 6.95. The van der Waals surface area contributed by atoms with Crippen molar-refractivity contribution in [1.82, 2.24) is 10.6 Å². The van der Waals surface area contributed by atoms with Crippen molar-refractivity contribution in [3.8, 4) is 0 Å². The van der Waals surface area contributed by atoms with Crippen LogP contribution in [0.4, 0.5) is 0 Å². The Labute approximate surface area is 120 Å². The van der Waals surface area contributed by atoms with Gasteiger partial charge < -0.3 is 20.5 Å². The first-order valence-electron chi connectivity index (χ1n) is 7.25. The number of nitrogens with one attached hydrogen (secondary N) is 2. The van der Waals surface area contributed by atoms with Gasteiger partial charge >= 0.3 is 5.97 Å². The molecule has 1 fully saturated rings. The molecule has 0 radical (unpaired) electrons. The molecule has 6 nitrogen and oxygen atoms in total. The first-order valence-corrected chi connectivity index (χ1v) is 7.25. The van der Waals surface area contributed by atoms with E-state index in [1.54, 1.807) is 0 Å². The second-order valence-corrected chi connectivity index (χ2v) is 5.55. The fourth-order valence-corrected chi connectivity index (χ4v) is 2.59. The first-order chi connectivity index (χ1) is 9.47. The Balaban J connectivity index is 2.42. The maximum Gasteiger partial charge on any atom is 0.329 e. The van der Waals surface area contributed by atoms with Crippen molar-refractivity contribution < 1.29 is 19.4 Å². The molecule has 1 aliphatic carbocycles. The van der Waals surface area contributed by atoms with E-state index in [9.17, 15) is 14.7 Å². The van der Waals surface area contributed by atoms with Crippen molar-refractivity contribution in [1.29, 1.82) is 0 Å². The zero-order valence-corrected chi connectivity index (χ0v) is 12.4. The molecule has 20 heavy (non-hydrogen) atoms. The van der Waals surface area contributed by atoms with E-state index in [4.69, 9.17) is 0 Å². The highest BCUT2D eigenvalue weighted by Crippen LogP contribution is 2.26. The van der Waals surface area contributed by atoms with E-state index >= 15 is 0 Å². The first kappa shape index (κ1) is 16.9. The minimum absolute atomic E-state index is 0.258. The largest absolute Gasteiger partial charge is 0.467 e. The fourth-order valence-electron chi connectivity index (χ4n) is 2.59. The summed E-state index contributed by atoms with van der Waals surface area (Å²) in [7, 11) is 1.29. The van der Waals surface area contributed by atoms with Crippen LogP contribution in [0, 0.1) is 0 Å². The third kappa shape index (κ3) is 5.88. The van der Waals surface area contributed by atoms with Crippen molar-refractivity contribution in [2.45, 2.75) is 57.1 Å². The van der Waals surface area contributed by atoms with Crippen LogP contribution in [-0.2, 0) is 14.3 Å². The SMILES string of the molecule is COC(=O)C(CNCC1(O)CCCCCC1)NC(C)=O. The van der Waals surface area contributed by atoms with Crippen LogP contribution < -0.4 is 10.6 Å². The maximum absolute atomic E-state index is 11.5. The Bertz CT molecular complexity index is 325. The second-order valence-electron chi connectivity index (χ2n) is 5.55. The number of hydrogen-bond donors (Lipinski definition) is 3. The van der Waals surface area contributed by atoms with Crippen molar-refractivity contribution in [3.05, 3.63) is 0 Å². The molecule has 1 rings (SSSR count). The topological polar surface area (TPSA) is 87.7 Å². The average Bonchev–Trinajstić information content (AvgIpc) is 2.61. The van der Waals surface area contributed by atoms with Gasteiger partial charge in [0, 0.05) is 20.0 Å².